The number of ketones is 2. The Morgan fingerprint density at radius 2 is 1.74 bits per heavy atom. The normalized spacial score (nSPS) is 49.0. The third-order valence-electron chi connectivity index (χ3n) is 9.12. The molecule has 0 amide bonds. The van der Waals surface area contributed by atoms with E-state index >= 15 is 0 Å². The molecule has 4 heteroatoms. The largest absolute Gasteiger partial charge is 0.463 e. The van der Waals surface area contributed by atoms with Crippen molar-refractivity contribution < 1.29 is 19.1 Å². The van der Waals surface area contributed by atoms with E-state index in [-0.39, 0.29) is 40.5 Å². The first-order valence-electron chi connectivity index (χ1n) is 10.9. The Morgan fingerprint density at radius 1 is 1.00 bits per heavy atom. The molecule has 4 saturated carbocycles. The van der Waals surface area contributed by atoms with Gasteiger partial charge in [-0.25, -0.2) is 0 Å². The topological polar surface area (TPSA) is 60.4 Å². The van der Waals surface area contributed by atoms with Crippen LogP contribution >= 0.6 is 0 Å². The van der Waals surface area contributed by atoms with Crippen molar-refractivity contribution in [3.05, 3.63) is 0 Å². The third-order valence-corrected chi connectivity index (χ3v) is 9.12. The molecule has 4 rings (SSSR count). The minimum Gasteiger partial charge on any atom is -0.463 e. The molecule has 4 aliphatic rings. The summed E-state index contributed by atoms with van der Waals surface area (Å²) in [6.07, 6.45) is 7.64. The Balaban J connectivity index is 1.60. The Labute approximate surface area is 162 Å². The van der Waals surface area contributed by atoms with E-state index < -0.39 is 0 Å². The number of Topliss-reactive ketones (excluding diaryl/α,β-unsaturated/α-hetero) is 2. The molecule has 4 aliphatic carbocycles. The van der Waals surface area contributed by atoms with E-state index in [2.05, 4.69) is 13.8 Å². The van der Waals surface area contributed by atoms with Gasteiger partial charge in [-0.15, -0.1) is 0 Å². The van der Waals surface area contributed by atoms with Crippen LogP contribution in [0.25, 0.3) is 0 Å². The molecule has 27 heavy (non-hydrogen) atoms. The SMILES string of the molecule is CC(=O)O[C@@H]1CC[C@@]2(C)[C@@H](CC[C@@H]3[C@H]2C(=O)C[C@]2(C)[C@H](C(C)=O)CC[C@@H]32)C1. The van der Waals surface area contributed by atoms with E-state index in [0.29, 0.717) is 30.0 Å². The standard InChI is InChI=1S/C23H34O4/c1-13(24)18-7-8-19-17-6-5-15-11-16(27-14(2)25)9-10-22(15,3)21(17)20(26)12-23(18,19)4/h15-19,21H,5-12H2,1-4H3/t15-,16+,17-,18-,19-,21-,22-,23+/m0/s1. The summed E-state index contributed by atoms with van der Waals surface area (Å²) in [6.45, 7) is 7.75. The van der Waals surface area contributed by atoms with Crippen LogP contribution in [0.15, 0.2) is 0 Å². The van der Waals surface area contributed by atoms with E-state index in [1.807, 2.05) is 0 Å². The predicted molar refractivity (Wildman–Crippen MR) is 102 cm³/mol. The lowest BCUT2D eigenvalue weighted by molar-refractivity contribution is -0.169. The molecule has 0 radical (unpaired) electrons. The zero-order valence-corrected chi connectivity index (χ0v) is 17.3. The summed E-state index contributed by atoms with van der Waals surface area (Å²) in [6, 6.07) is 0. The van der Waals surface area contributed by atoms with Crippen molar-refractivity contribution in [3.8, 4) is 0 Å². The van der Waals surface area contributed by atoms with Crippen molar-refractivity contribution in [2.45, 2.75) is 85.2 Å². The third kappa shape index (κ3) is 2.81. The number of carbonyl (C=O) groups is 3. The minimum atomic E-state index is -0.192. The van der Waals surface area contributed by atoms with Crippen molar-refractivity contribution >= 4 is 17.5 Å². The van der Waals surface area contributed by atoms with Crippen molar-refractivity contribution in [2.75, 3.05) is 0 Å². The fraction of sp³-hybridized carbons (Fsp3) is 0.870. The molecular formula is C23H34O4. The maximum Gasteiger partial charge on any atom is 0.302 e. The fourth-order valence-electron chi connectivity index (χ4n) is 8.04. The van der Waals surface area contributed by atoms with Gasteiger partial charge >= 0.3 is 5.97 Å². The smallest absolute Gasteiger partial charge is 0.302 e. The van der Waals surface area contributed by atoms with Gasteiger partial charge in [0.15, 0.2) is 0 Å². The molecule has 0 saturated heterocycles. The highest BCUT2D eigenvalue weighted by Crippen LogP contribution is 2.66. The van der Waals surface area contributed by atoms with Gasteiger partial charge in [0, 0.05) is 25.2 Å². The van der Waals surface area contributed by atoms with E-state index in [4.69, 9.17) is 4.74 Å². The maximum absolute atomic E-state index is 13.5. The molecule has 0 aliphatic heterocycles. The molecule has 0 aromatic heterocycles. The van der Waals surface area contributed by atoms with Crippen LogP contribution in [-0.2, 0) is 19.1 Å². The van der Waals surface area contributed by atoms with Crippen LogP contribution in [0.5, 0.6) is 0 Å². The maximum atomic E-state index is 13.5. The summed E-state index contributed by atoms with van der Waals surface area (Å²) in [5.74, 6) is 2.11. The highest BCUT2D eigenvalue weighted by molar-refractivity contribution is 5.87. The zero-order valence-electron chi connectivity index (χ0n) is 17.3. The first kappa shape index (κ1) is 19.1. The first-order valence-corrected chi connectivity index (χ1v) is 10.9. The summed E-state index contributed by atoms with van der Waals surface area (Å²) in [7, 11) is 0. The first-order chi connectivity index (χ1) is 12.7. The minimum absolute atomic E-state index is 0.0228. The highest BCUT2D eigenvalue weighted by Gasteiger charge is 2.63. The summed E-state index contributed by atoms with van der Waals surface area (Å²) < 4.78 is 5.51. The Kier molecular flexibility index (Phi) is 4.55. The van der Waals surface area contributed by atoms with Crippen LogP contribution in [0.2, 0.25) is 0 Å². The molecule has 0 bridgehead atoms. The van der Waals surface area contributed by atoms with Crippen LogP contribution < -0.4 is 0 Å². The molecule has 0 spiro atoms. The van der Waals surface area contributed by atoms with Crippen LogP contribution in [-0.4, -0.2) is 23.6 Å². The van der Waals surface area contributed by atoms with E-state index in [9.17, 15) is 14.4 Å². The molecule has 0 heterocycles. The van der Waals surface area contributed by atoms with Gasteiger partial charge in [0.2, 0.25) is 0 Å². The Bertz CT molecular complexity index is 669. The van der Waals surface area contributed by atoms with Gasteiger partial charge in [0.25, 0.3) is 0 Å². The van der Waals surface area contributed by atoms with E-state index in [1.54, 1.807) is 6.92 Å². The monoisotopic (exact) mass is 374 g/mol. The molecule has 4 fully saturated rings. The lowest BCUT2D eigenvalue weighted by Gasteiger charge is -2.59. The van der Waals surface area contributed by atoms with Crippen molar-refractivity contribution in [1.29, 1.82) is 0 Å². The summed E-state index contributed by atoms with van der Waals surface area (Å²) >= 11 is 0. The summed E-state index contributed by atoms with van der Waals surface area (Å²) in [5.41, 5.74) is -0.0888. The molecule has 150 valence electrons. The zero-order chi connectivity index (χ0) is 19.6. The van der Waals surface area contributed by atoms with E-state index in [1.165, 1.54) is 6.92 Å². The van der Waals surface area contributed by atoms with Gasteiger partial charge < -0.3 is 4.74 Å². The molecule has 0 aromatic carbocycles. The number of fused-ring (bicyclic) bond motifs is 5. The molecular weight excluding hydrogens is 340 g/mol. The van der Waals surface area contributed by atoms with Crippen molar-refractivity contribution in [2.24, 2.45) is 40.4 Å². The fourth-order valence-corrected chi connectivity index (χ4v) is 8.04. The van der Waals surface area contributed by atoms with Gasteiger partial charge in [0.1, 0.15) is 17.7 Å². The average Bonchev–Trinajstić information content (AvgIpc) is 2.91. The molecule has 8 atom stereocenters. The number of ether oxygens (including phenoxy) is 1. The average molecular weight is 375 g/mol. The van der Waals surface area contributed by atoms with Gasteiger partial charge in [-0.1, -0.05) is 13.8 Å². The number of rotatable bonds is 2. The van der Waals surface area contributed by atoms with Crippen LogP contribution in [0, 0.1) is 40.4 Å². The highest BCUT2D eigenvalue weighted by atomic mass is 16.5. The molecule has 0 N–H and O–H groups in total. The Morgan fingerprint density at radius 3 is 2.41 bits per heavy atom. The van der Waals surface area contributed by atoms with E-state index in [0.717, 1.165) is 44.9 Å². The van der Waals surface area contributed by atoms with Crippen molar-refractivity contribution in [1.82, 2.24) is 0 Å². The molecule has 0 aromatic rings. The lowest BCUT2D eigenvalue weighted by atomic mass is 9.44. The van der Waals surface area contributed by atoms with Gasteiger partial charge in [0.05, 0.1) is 0 Å². The Hall–Kier alpha value is -1.19. The van der Waals surface area contributed by atoms with Crippen LogP contribution in [0.3, 0.4) is 0 Å². The van der Waals surface area contributed by atoms with Crippen LogP contribution in [0.1, 0.15) is 79.1 Å². The molecule has 4 nitrogen and oxygen atoms in total. The van der Waals surface area contributed by atoms with Crippen LogP contribution in [0.4, 0.5) is 0 Å². The second-order valence-corrected chi connectivity index (χ2v) is 10.4. The lowest BCUT2D eigenvalue weighted by Crippen LogP contribution is -2.58. The van der Waals surface area contributed by atoms with Gasteiger partial charge in [-0.2, -0.15) is 0 Å². The number of hydrogen-bond donors (Lipinski definition) is 0. The summed E-state index contributed by atoms with van der Waals surface area (Å²) in [4.78, 5) is 37.1. The predicted octanol–water partition coefficient (Wildman–Crippen LogP) is 4.35. The second kappa shape index (κ2) is 6.42. The van der Waals surface area contributed by atoms with Gasteiger partial charge in [-0.3, -0.25) is 14.4 Å². The number of esters is 1. The quantitative estimate of drug-likeness (QED) is 0.675. The molecule has 0 unspecified atom stereocenters. The summed E-state index contributed by atoms with van der Waals surface area (Å²) in [5, 5.41) is 0. The number of hydrogen-bond acceptors (Lipinski definition) is 4. The second-order valence-electron chi connectivity index (χ2n) is 10.4. The number of carbonyl (C=O) groups excluding carboxylic acids is 3. The van der Waals surface area contributed by atoms with Crippen molar-refractivity contribution in [3.63, 3.8) is 0 Å². The van der Waals surface area contributed by atoms with Gasteiger partial charge in [-0.05, 0) is 80.5 Å².